The van der Waals surface area contributed by atoms with E-state index in [4.69, 9.17) is 19.7 Å². The van der Waals surface area contributed by atoms with Crippen LogP contribution in [0.3, 0.4) is 0 Å². The summed E-state index contributed by atoms with van der Waals surface area (Å²) in [4.78, 5) is 0. The summed E-state index contributed by atoms with van der Waals surface area (Å²) >= 11 is 0. The number of hydrogen-bond acceptors (Lipinski definition) is 8. The lowest BCUT2D eigenvalue weighted by Crippen LogP contribution is -2.60. The van der Waals surface area contributed by atoms with Gasteiger partial charge in [-0.3, -0.25) is 0 Å². The normalized spacial score (nSPS) is 32.0. The van der Waals surface area contributed by atoms with Gasteiger partial charge in [0.15, 0.2) is 11.5 Å². The van der Waals surface area contributed by atoms with E-state index in [0.717, 1.165) is 0 Å². The first-order valence-corrected chi connectivity index (χ1v) is 6.88. The molecular formula is C14H20O8. The summed E-state index contributed by atoms with van der Waals surface area (Å²) in [5.74, 6) is -0.214. The quantitative estimate of drug-likeness (QED) is 0.370. The molecule has 1 heterocycles. The highest BCUT2D eigenvalue weighted by molar-refractivity contribution is 5.42. The highest BCUT2D eigenvalue weighted by atomic mass is 16.7. The average Bonchev–Trinajstić information content (AvgIpc) is 2.51. The van der Waals surface area contributed by atoms with Gasteiger partial charge in [-0.1, -0.05) is 6.07 Å². The Balaban J connectivity index is 2.16. The molecule has 8 heteroatoms. The van der Waals surface area contributed by atoms with Crippen molar-refractivity contribution >= 4 is 0 Å². The van der Waals surface area contributed by atoms with Crippen molar-refractivity contribution in [3.8, 4) is 11.5 Å². The monoisotopic (exact) mass is 316 g/mol. The van der Waals surface area contributed by atoms with Gasteiger partial charge in [-0.15, -0.1) is 0 Å². The van der Waals surface area contributed by atoms with Crippen molar-refractivity contribution < 1.29 is 40.1 Å². The van der Waals surface area contributed by atoms with E-state index in [1.54, 1.807) is 6.07 Å². The minimum atomic E-state index is -1.56. The highest BCUT2D eigenvalue weighted by Crippen LogP contribution is 2.31. The Kier molecular flexibility index (Phi) is 5.57. The van der Waals surface area contributed by atoms with Crippen LogP contribution in [-0.2, 0) is 11.2 Å². The van der Waals surface area contributed by atoms with Crippen LogP contribution in [0.15, 0.2) is 18.2 Å². The zero-order valence-corrected chi connectivity index (χ0v) is 11.7. The van der Waals surface area contributed by atoms with Crippen LogP contribution in [0.2, 0.25) is 0 Å². The Bertz CT molecular complexity index is 492. The van der Waals surface area contributed by atoms with Gasteiger partial charge >= 0.3 is 0 Å². The molecule has 124 valence electrons. The second kappa shape index (κ2) is 7.23. The molecule has 0 aromatic heterocycles. The van der Waals surface area contributed by atoms with E-state index in [9.17, 15) is 20.4 Å². The van der Waals surface area contributed by atoms with Gasteiger partial charge in [0.25, 0.3) is 0 Å². The van der Waals surface area contributed by atoms with Gasteiger partial charge < -0.3 is 40.1 Å². The molecule has 0 radical (unpaired) electrons. The van der Waals surface area contributed by atoms with Gasteiger partial charge in [-0.2, -0.15) is 0 Å². The third kappa shape index (κ3) is 3.49. The van der Waals surface area contributed by atoms with Crippen LogP contribution < -0.4 is 4.74 Å². The van der Waals surface area contributed by atoms with Crippen molar-refractivity contribution in [2.24, 2.45) is 0 Å². The second-order valence-electron chi connectivity index (χ2n) is 5.09. The molecule has 1 aliphatic heterocycles. The van der Waals surface area contributed by atoms with E-state index >= 15 is 0 Å². The Hall–Kier alpha value is -1.42. The molecule has 0 bridgehead atoms. The van der Waals surface area contributed by atoms with Crippen LogP contribution in [0.1, 0.15) is 5.56 Å². The smallest absolute Gasteiger partial charge is 0.229 e. The summed E-state index contributed by atoms with van der Waals surface area (Å²) < 4.78 is 10.5. The van der Waals surface area contributed by atoms with E-state index in [0.29, 0.717) is 12.0 Å². The number of benzene rings is 1. The summed E-state index contributed by atoms with van der Waals surface area (Å²) in [5, 5.41) is 57.1. The molecule has 0 spiro atoms. The second-order valence-corrected chi connectivity index (χ2v) is 5.09. The lowest BCUT2D eigenvalue weighted by atomic mass is 9.99. The molecule has 1 aliphatic rings. The maximum Gasteiger partial charge on any atom is 0.229 e. The topological polar surface area (TPSA) is 140 Å². The van der Waals surface area contributed by atoms with E-state index in [-0.39, 0.29) is 18.1 Å². The van der Waals surface area contributed by atoms with E-state index in [1.165, 1.54) is 12.1 Å². The summed E-state index contributed by atoms with van der Waals surface area (Å²) in [6, 6.07) is 4.43. The van der Waals surface area contributed by atoms with Crippen molar-refractivity contribution in [1.29, 1.82) is 0 Å². The Morgan fingerprint density at radius 2 is 1.77 bits per heavy atom. The maximum absolute atomic E-state index is 9.88. The fourth-order valence-corrected chi connectivity index (χ4v) is 2.23. The van der Waals surface area contributed by atoms with Gasteiger partial charge in [0.2, 0.25) is 6.29 Å². The van der Waals surface area contributed by atoms with Gasteiger partial charge in [0, 0.05) is 6.61 Å². The van der Waals surface area contributed by atoms with Crippen LogP contribution in [0.4, 0.5) is 0 Å². The lowest BCUT2D eigenvalue weighted by molar-refractivity contribution is -0.277. The Labute approximate surface area is 126 Å². The van der Waals surface area contributed by atoms with Crippen LogP contribution in [0.25, 0.3) is 0 Å². The zero-order valence-electron chi connectivity index (χ0n) is 11.7. The van der Waals surface area contributed by atoms with Crippen molar-refractivity contribution in [3.63, 3.8) is 0 Å². The summed E-state index contributed by atoms with van der Waals surface area (Å²) in [5.41, 5.74) is 0.694. The first-order valence-electron chi connectivity index (χ1n) is 6.88. The number of phenols is 1. The number of aliphatic hydroxyl groups excluding tert-OH is 5. The molecular weight excluding hydrogens is 296 g/mol. The third-order valence-corrected chi connectivity index (χ3v) is 3.52. The molecule has 1 saturated heterocycles. The first kappa shape index (κ1) is 16.9. The number of rotatable bonds is 5. The van der Waals surface area contributed by atoms with Crippen LogP contribution in [0.5, 0.6) is 11.5 Å². The van der Waals surface area contributed by atoms with Crippen molar-refractivity contribution in [2.75, 3.05) is 13.2 Å². The molecule has 1 aromatic carbocycles. The average molecular weight is 316 g/mol. The Morgan fingerprint density at radius 3 is 2.41 bits per heavy atom. The standard InChI is InChI=1S/C14H20O8/c15-4-3-7-1-2-8(17)9(5-7)21-14-13(20)12(19)11(18)10(6-16)22-14/h1-2,5,10-20H,3-4,6H2/t10-,11+,12-,13-,14-/m1/s1. The molecule has 5 atom stereocenters. The van der Waals surface area contributed by atoms with Crippen LogP contribution in [-0.4, -0.2) is 74.6 Å². The predicted molar refractivity (Wildman–Crippen MR) is 73.3 cm³/mol. The van der Waals surface area contributed by atoms with E-state index < -0.39 is 37.3 Å². The fraction of sp³-hybridized carbons (Fsp3) is 0.571. The minimum absolute atomic E-state index is 0.00437. The highest BCUT2D eigenvalue weighted by Gasteiger charge is 2.44. The molecule has 0 aliphatic carbocycles. The molecule has 1 fully saturated rings. The summed E-state index contributed by atoms with van der Waals surface area (Å²) in [6.45, 7) is -0.647. The Morgan fingerprint density at radius 1 is 1.05 bits per heavy atom. The van der Waals surface area contributed by atoms with Gasteiger partial charge in [0.1, 0.15) is 24.4 Å². The SMILES string of the molecule is OCCc1ccc(O)c(O[C@@H]2O[C@H](CO)[C@H](O)[C@@H](O)[C@H]2O)c1. The molecule has 22 heavy (non-hydrogen) atoms. The zero-order chi connectivity index (χ0) is 16.3. The minimum Gasteiger partial charge on any atom is -0.504 e. The maximum atomic E-state index is 9.88. The van der Waals surface area contributed by atoms with Crippen molar-refractivity contribution in [3.05, 3.63) is 23.8 Å². The van der Waals surface area contributed by atoms with Crippen LogP contribution >= 0.6 is 0 Å². The molecule has 0 amide bonds. The summed E-state index contributed by atoms with van der Waals surface area (Å²) in [7, 11) is 0. The molecule has 1 aromatic rings. The number of hydrogen-bond donors (Lipinski definition) is 6. The molecule has 2 rings (SSSR count). The molecule has 8 nitrogen and oxygen atoms in total. The first-order chi connectivity index (χ1) is 10.5. The molecule has 0 unspecified atom stereocenters. The third-order valence-electron chi connectivity index (χ3n) is 3.52. The molecule has 6 N–H and O–H groups in total. The van der Waals surface area contributed by atoms with Gasteiger partial charge in [-0.05, 0) is 24.1 Å². The number of aromatic hydroxyl groups is 1. The van der Waals surface area contributed by atoms with Crippen molar-refractivity contribution in [2.45, 2.75) is 37.1 Å². The van der Waals surface area contributed by atoms with Gasteiger partial charge in [0.05, 0.1) is 6.61 Å². The van der Waals surface area contributed by atoms with Crippen molar-refractivity contribution in [1.82, 2.24) is 0 Å². The molecule has 0 saturated carbocycles. The number of phenolic OH excluding ortho intramolecular Hbond substituents is 1. The van der Waals surface area contributed by atoms with Gasteiger partial charge in [-0.25, -0.2) is 0 Å². The van der Waals surface area contributed by atoms with E-state index in [2.05, 4.69) is 0 Å². The lowest BCUT2D eigenvalue weighted by Gasteiger charge is -2.39. The number of aliphatic hydroxyl groups is 5. The number of ether oxygens (including phenoxy) is 2. The summed E-state index contributed by atoms with van der Waals surface area (Å²) in [6.07, 6.45) is -6.70. The van der Waals surface area contributed by atoms with Crippen LogP contribution in [0, 0.1) is 0 Å². The fourth-order valence-electron chi connectivity index (χ4n) is 2.23. The predicted octanol–water partition coefficient (Wildman–Crippen LogP) is -1.89. The van der Waals surface area contributed by atoms with E-state index in [1.807, 2.05) is 0 Å². The largest absolute Gasteiger partial charge is 0.504 e.